The van der Waals surface area contributed by atoms with Crippen LogP contribution >= 0.6 is 0 Å². The monoisotopic (exact) mass is 272 g/mol. The molecule has 0 saturated heterocycles. The van der Waals surface area contributed by atoms with Gasteiger partial charge >= 0.3 is 0 Å². The van der Waals surface area contributed by atoms with E-state index in [9.17, 15) is 0 Å². The van der Waals surface area contributed by atoms with Crippen LogP contribution in [0, 0.1) is 5.92 Å². The van der Waals surface area contributed by atoms with Crippen LogP contribution in [0.25, 0.3) is 10.9 Å². The number of H-pyrrole nitrogens is 1. The van der Waals surface area contributed by atoms with Crippen LogP contribution in [0.1, 0.15) is 18.4 Å². The molecule has 0 atom stereocenters. The lowest BCUT2D eigenvalue weighted by Crippen LogP contribution is -2.23. The maximum absolute atomic E-state index is 5.47. The molecule has 1 N–H and O–H groups in total. The number of nitrogens with one attached hydrogen (secondary N) is 1. The molecule has 1 saturated carbocycles. The third-order valence-electron chi connectivity index (χ3n) is 4.29. The molecule has 2 heterocycles. The van der Waals surface area contributed by atoms with Crippen molar-refractivity contribution < 1.29 is 9.47 Å². The first-order valence-corrected chi connectivity index (χ1v) is 7.38. The predicted molar refractivity (Wildman–Crippen MR) is 78.3 cm³/mol. The third-order valence-corrected chi connectivity index (χ3v) is 4.29. The van der Waals surface area contributed by atoms with Crippen LogP contribution in [0.15, 0.2) is 18.3 Å². The summed E-state index contributed by atoms with van der Waals surface area (Å²) < 4.78 is 10.9. The molecule has 2 aliphatic rings. The van der Waals surface area contributed by atoms with Crippen molar-refractivity contribution in [2.45, 2.75) is 19.3 Å². The largest absolute Gasteiger partial charge is 0.454 e. The van der Waals surface area contributed by atoms with Crippen molar-refractivity contribution in [1.29, 1.82) is 0 Å². The summed E-state index contributed by atoms with van der Waals surface area (Å²) in [5, 5.41) is 1.26. The van der Waals surface area contributed by atoms with Gasteiger partial charge in [0.15, 0.2) is 11.5 Å². The van der Waals surface area contributed by atoms with E-state index >= 15 is 0 Å². The molecular weight excluding hydrogens is 252 g/mol. The van der Waals surface area contributed by atoms with E-state index in [2.05, 4.69) is 29.2 Å². The highest BCUT2D eigenvalue weighted by atomic mass is 16.7. The fourth-order valence-corrected chi connectivity index (χ4v) is 2.92. The molecule has 1 aromatic heterocycles. The Balaban J connectivity index is 1.51. The van der Waals surface area contributed by atoms with Gasteiger partial charge in [-0.05, 0) is 43.9 Å². The first-order valence-electron chi connectivity index (χ1n) is 7.38. The Morgan fingerprint density at radius 1 is 1.25 bits per heavy atom. The summed E-state index contributed by atoms with van der Waals surface area (Å²) >= 11 is 0. The number of benzene rings is 1. The predicted octanol–water partition coefficient (Wildman–Crippen LogP) is 2.78. The molecule has 2 aromatic rings. The van der Waals surface area contributed by atoms with Gasteiger partial charge in [-0.15, -0.1) is 0 Å². The summed E-state index contributed by atoms with van der Waals surface area (Å²) in [6.45, 7) is 2.69. The van der Waals surface area contributed by atoms with E-state index in [0.29, 0.717) is 6.79 Å². The maximum Gasteiger partial charge on any atom is 0.231 e. The van der Waals surface area contributed by atoms with E-state index in [1.807, 2.05) is 6.07 Å². The minimum absolute atomic E-state index is 0.335. The standard InChI is InChI=1S/C16H20N2O2/c1-18(9-11-2-3-11)5-4-12-8-17-14-7-16-15(6-13(12)14)19-10-20-16/h6-8,11,17H,2-5,9-10H2,1H3. The number of ether oxygens (including phenoxy) is 2. The summed E-state index contributed by atoms with van der Waals surface area (Å²) in [5.74, 6) is 2.67. The number of nitrogens with zero attached hydrogens (tertiary/aromatic N) is 1. The van der Waals surface area contributed by atoms with Gasteiger partial charge in [-0.3, -0.25) is 0 Å². The first kappa shape index (κ1) is 12.1. The Morgan fingerprint density at radius 3 is 2.85 bits per heavy atom. The normalized spacial score (nSPS) is 17.3. The smallest absolute Gasteiger partial charge is 0.231 e. The van der Waals surface area contributed by atoms with Gasteiger partial charge in [-0.25, -0.2) is 0 Å². The van der Waals surface area contributed by atoms with E-state index < -0.39 is 0 Å². The molecule has 1 fully saturated rings. The van der Waals surface area contributed by atoms with Crippen LogP contribution in [0.4, 0.5) is 0 Å². The molecule has 0 unspecified atom stereocenters. The zero-order valence-corrected chi connectivity index (χ0v) is 11.8. The molecule has 20 heavy (non-hydrogen) atoms. The van der Waals surface area contributed by atoms with Gasteiger partial charge in [0, 0.05) is 36.3 Å². The molecule has 0 radical (unpaired) electrons. The number of hydrogen-bond acceptors (Lipinski definition) is 3. The number of likely N-dealkylation sites (N-methyl/N-ethyl adjacent to an activating group) is 1. The summed E-state index contributed by atoms with van der Waals surface area (Å²) in [6, 6.07) is 4.14. The Hall–Kier alpha value is -1.68. The molecule has 1 aliphatic heterocycles. The molecule has 1 aliphatic carbocycles. The van der Waals surface area contributed by atoms with Gasteiger partial charge in [-0.1, -0.05) is 0 Å². The lowest BCUT2D eigenvalue weighted by atomic mass is 10.1. The summed E-state index contributed by atoms with van der Waals surface area (Å²) in [6.07, 6.45) is 6.02. The number of fused-ring (bicyclic) bond motifs is 2. The fraction of sp³-hybridized carbons (Fsp3) is 0.500. The Labute approximate surface area is 118 Å². The molecular formula is C16H20N2O2. The highest BCUT2D eigenvalue weighted by Gasteiger charge is 2.22. The SMILES string of the molecule is CN(CCc1c[nH]c2cc3c(cc12)OCO3)CC1CC1. The second kappa shape index (κ2) is 4.70. The second-order valence-corrected chi connectivity index (χ2v) is 6.02. The van der Waals surface area contributed by atoms with E-state index in [4.69, 9.17) is 9.47 Å². The number of rotatable bonds is 5. The molecule has 4 heteroatoms. The van der Waals surface area contributed by atoms with Gasteiger partial charge in [0.1, 0.15) is 0 Å². The second-order valence-electron chi connectivity index (χ2n) is 6.02. The van der Waals surface area contributed by atoms with Crippen molar-refractivity contribution in [3.8, 4) is 11.5 Å². The van der Waals surface area contributed by atoms with Gasteiger partial charge in [0.05, 0.1) is 0 Å². The Morgan fingerprint density at radius 2 is 2.05 bits per heavy atom. The van der Waals surface area contributed by atoms with E-state index in [-0.39, 0.29) is 0 Å². The van der Waals surface area contributed by atoms with Crippen molar-refractivity contribution >= 4 is 10.9 Å². The molecule has 0 bridgehead atoms. The topological polar surface area (TPSA) is 37.5 Å². The molecule has 4 nitrogen and oxygen atoms in total. The lowest BCUT2D eigenvalue weighted by Gasteiger charge is -2.15. The maximum atomic E-state index is 5.47. The van der Waals surface area contributed by atoms with Crippen LogP contribution in [0.5, 0.6) is 11.5 Å². The summed E-state index contributed by atoms with van der Waals surface area (Å²) in [5.41, 5.74) is 2.50. The minimum atomic E-state index is 0.335. The molecule has 4 rings (SSSR count). The van der Waals surface area contributed by atoms with Crippen LogP contribution in [-0.2, 0) is 6.42 Å². The highest BCUT2D eigenvalue weighted by molar-refractivity contribution is 5.86. The van der Waals surface area contributed by atoms with Crippen LogP contribution < -0.4 is 9.47 Å². The zero-order chi connectivity index (χ0) is 13.5. The number of aromatic nitrogens is 1. The summed E-state index contributed by atoms with van der Waals surface area (Å²) in [7, 11) is 2.22. The Kier molecular flexibility index (Phi) is 2.84. The van der Waals surface area contributed by atoms with E-state index in [1.165, 1.54) is 30.3 Å². The quantitative estimate of drug-likeness (QED) is 0.909. The average Bonchev–Trinajstić information content (AvgIpc) is 3.00. The fourth-order valence-electron chi connectivity index (χ4n) is 2.92. The molecule has 106 valence electrons. The van der Waals surface area contributed by atoms with Crippen LogP contribution in [0.2, 0.25) is 0 Å². The van der Waals surface area contributed by atoms with Crippen molar-refractivity contribution in [3.05, 3.63) is 23.9 Å². The van der Waals surface area contributed by atoms with Crippen LogP contribution in [0.3, 0.4) is 0 Å². The van der Waals surface area contributed by atoms with Crippen LogP contribution in [-0.4, -0.2) is 36.8 Å². The van der Waals surface area contributed by atoms with Crippen molar-refractivity contribution in [3.63, 3.8) is 0 Å². The highest BCUT2D eigenvalue weighted by Crippen LogP contribution is 2.37. The van der Waals surface area contributed by atoms with Gasteiger partial charge in [0.2, 0.25) is 6.79 Å². The van der Waals surface area contributed by atoms with Crippen molar-refractivity contribution in [1.82, 2.24) is 9.88 Å². The lowest BCUT2D eigenvalue weighted by molar-refractivity contribution is 0.174. The minimum Gasteiger partial charge on any atom is -0.454 e. The van der Waals surface area contributed by atoms with Gasteiger partial charge < -0.3 is 19.4 Å². The summed E-state index contributed by atoms with van der Waals surface area (Å²) in [4.78, 5) is 5.79. The number of hydrogen-bond donors (Lipinski definition) is 1. The first-order chi connectivity index (χ1) is 9.79. The van der Waals surface area contributed by atoms with Crippen molar-refractivity contribution in [2.75, 3.05) is 26.9 Å². The Bertz CT molecular complexity index is 631. The molecule has 0 spiro atoms. The van der Waals surface area contributed by atoms with E-state index in [0.717, 1.165) is 35.9 Å². The zero-order valence-electron chi connectivity index (χ0n) is 11.8. The van der Waals surface area contributed by atoms with Gasteiger partial charge in [-0.2, -0.15) is 0 Å². The third kappa shape index (κ3) is 2.24. The molecule has 1 aromatic carbocycles. The average molecular weight is 272 g/mol. The number of aromatic amines is 1. The van der Waals surface area contributed by atoms with E-state index in [1.54, 1.807) is 0 Å². The van der Waals surface area contributed by atoms with Gasteiger partial charge in [0.25, 0.3) is 0 Å². The van der Waals surface area contributed by atoms with Crippen molar-refractivity contribution in [2.24, 2.45) is 5.92 Å². The molecule has 0 amide bonds.